The normalized spacial score (nSPS) is 10.9. The van der Waals surface area contributed by atoms with Gasteiger partial charge in [-0.2, -0.15) is 4.98 Å². The number of hydrogen-bond acceptors (Lipinski definition) is 3. The molecular formula is C13H12N4O. The van der Waals surface area contributed by atoms with Crippen LogP contribution in [0.3, 0.4) is 0 Å². The van der Waals surface area contributed by atoms with Gasteiger partial charge < -0.3 is 10.7 Å². The summed E-state index contributed by atoms with van der Waals surface area (Å²) in [4.78, 5) is 21.7. The van der Waals surface area contributed by atoms with Gasteiger partial charge in [0.2, 0.25) is 5.95 Å². The minimum Gasteiger partial charge on any atom is -0.369 e. The average molecular weight is 240 g/mol. The van der Waals surface area contributed by atoms with Crippen LogP contribution in [0.2, 0.25) is 0 Å². The number of hydrogen-bond donors (Lipinski definition) is 3. The Bertz CT molecular complexity index is 771. The Morgan fingerprint density at radius 3 is 2.61 bits per heavy atom. The molecule has 0 saturated heterocycles. The minimum absolute atomic E-state index is 0.119. The van der Waals surface area contributed by atoms with Crippen LogP contribution in [0.4, 0.5) is 5.95 Å². The van der Waals surface area contributed by atoms with E-state index in [4.69, 9.17) is 5.73 Å². The fourth-order valence-corrected chi connectivity index (χ4v) is 2.21. The molecule has 0 saturated carbocycles. The second kappa shape index (κ2) is 3.73. The van der Waals surface area contributed by atoms with E-state index in [0.29, 0.717) is 11.0 Å². The molecule has 18 heavy (non-hydrogen) atoms. The van der Waals surface area contributed by atoms with Crippen molar-refractivity contribution in [1.82, 2.24) is 15.0 Å². The van der Waals surface area contributed by atoms with E-state index in [-0.39, 0.29) is 11.5 Å². The van der Waals surface area contributed by atoms with Crippen LogP contribution >= 0.6 is 0 Å². The third-order valence-corrected chi connectivity index (χ3v) is 2.93. The SMILES string of the molecule is Cc1[nH]c2nc(N)[nH]c(=O)c2c1-c1ccccc1. The summed E-state index contributed by atoms with van der Waals surface area (Å²) >= 11 is 0. The van der Waals surface area contributed by atoms with E-state index in [1.165, 1.54) is 0 Å². The van der Waals surface area contributed by atoms with Crippen molar-refractivity contribution in [3.05, 3.63) is 46.4 Å². The monoisotopic (exact) mass is 240 g/mol. The topological polar surface area (TPSA) is 87.6 Å². The summed E-state index contributed by atoms with van der Waals surface area (Å²) in [5.41, 5.74) is 8.60. The molecule has 0 aliphatic rings. The highest BCUT2D eigenvalue weighted by atomic mass is 16.1. The summed E-state index contributed by atoms with van der Waals surface area (Å²) in [5.74, 6) is 0.119. The Balaban J connectivity index is 2.44. The van der Waals surface area contributed by atoms with Crippen molar-refractivity contribution >= 4 is 17.0 Å². The van der Waals surface area contributed by atoms with Crippen LogP contribution in [-0.4, -0.2) is 15.0 Å². The largest absolute Gasteiger partial charge is 0.369 e. The second-order valence-electron chi connectivity index (χ2n) is 4.17. The lowest BCUT2D eigenvalue weighted by molar-refractivity contribution is 1.17. The standard InChI is InChI=1S/C13H12N4O/c1-7-9(8-5-3-2-4-6-8)10-11(15-7)16-13(14)17-12(10)18/h2-6H,1H3,(H4,14,15,16,17,18). The third-order valence-electron chi connectivity index (χ3n) is 2.93. The van der Waals surface area contributed by atoms with E-state index >= 15 is 0 Å². The Kier molecular flexibility index (Phi) is 2.19. The molecule has 5 heteroatoms. The quantitative estimate of drug-likeness (QED) is 0.606. The van der Waals surface area contributed by atoms with Gasteiger partial charge in [0.1, 0.15) is 5.65 Å². The highest BCUT2D eigenvalue weighted by molar-refractivity contribution is 5.95. The number of rotatable bonds is 1. The zero-order chi connectivity index (χ0) is 12.7. The molecule has 90 valence electrons. The van der Waals surface area contributed by atoms with Crippen molar-refractivity contribution in [3.63, 3.8) is 0 Å². The first-order chi connectivity index (χ1) is 8.66. The number of nitrogens with two attached hydrogens (primary N) is 1. The molecule has 0 unspecified atom stereocenters. The summed E-state index contributed by atoms with van der Waals surface area (Å²) in [6.07, 6.45) is 0. The molecule has 3 rings (SSSR count). The first-order valence-corrected chi connectivity index (χ1v) is 5.60. The van der Waals surface area contributed by atoms with Crippen molar-refractivity contribution in [2.45, 2.75) is 6.92 Å². The van der Waals surface area contributed by atoms with Gasteiger partial charge in [0, 0.05) is 11.3 Å². The number of aromatic amines is 2. The number of aromatic nitrogens is 3. The van der Waals surface area contributed by atoms with Crippen LogP contribution in [0.15, 0.2) is 35.1 Å². The van der Waals surface area contributed by atoms with Crippen molar-refractivity contribution in [1.29, 1.82) is 0 Å². The van der Waals surface area contributed by atoms with Gasteiger partial charge in [0.25, 0.3) is 5.56 Å². The van der Waals surface area contributed by atoms with Gasteiger partial charge >= 0.3 is 0 Å². The molecule has 3 aromatic rings. The molecule has 0 atom stereocenters. The van der Waals surface area contributed by atoms with Crippen LogP contribution in [0, 0.1) is 6.92 Å². The van der Waals surface area contributed by atoms with Gasteiger partial charge in [-0.25, -0.2) is 0 Å². The molecule has 4 N–H and O–H groups in total. The number of fused-ring (bicyclic) bond motifs is 1. The summed E-state index contributed by atoms with van der Waals surface area (Å²) in [5, 5.41) is 0.549. The average Bonchev–Trinajstić information content (AvgIpc) is 2.66. The predicted octanol–water partition coefficient (Wildman–Crippen LogP) is 1.81. The maximum atomic E-state index is 12.0. The molecule has 1 aromatic carbocycles. The Hall–Kier alpha value is -2.56. The lowest BCUT2D eigenvalue weighted by atomic mass is 10.0. The van der Waals surface area contributed by atoms with Gasteiger partial charge in [-0.05, 0) is 12.5 Å². The number of nitrogen functional groups attached to an aromatic ring is 1. The molecule has 0 bridgehead atoms. The lowest BCUT2D eigenvalue weighted by Crippen LogP contribution is -2.10. The smallest absolute Gasteiger partial charge is 0.262 e. The van der Waals surface area contributed by atoms with E-state index < -0.39 is 0 Å². The first kappa shape index (κ1) is 10.6. The molecule has 0 aliphatic heterocycles. The molecule has 2 aromatic heterocycles. The lowest BCUT2D eigenvalue weighted by Gasteiger charge is -2.00. The fourth-order valence-electron chi connectivity index (χ4n) is 2.21. The maximum absolute atomic E-state index is 12.0. The zero-order valence-electron chi connectivity index (χ0n) is 9.82. The van der Waals surface area contributed by atoms with Gasteiger partial charge in [0.05, 0.1) is 5.39 Å². The predicted molar refractivity (Wildman–Crippen MR) is 71.3 cm³/mol. The summed E-state index contributed by atoms with van der Waals surface area (Å²) in [6.45, 7) is 1.92. The molecule has 0 amide bonds. The van der Waals surface area contributed by atoms with Gasteiger partial charge in [-0.1, -0.05) is 30.3 Å². The van der Waals surface area contributed by atoms with E-state index in [1.54, 1.807) is 0 Å². The van der Waals surface area contributed by atoms with Crippen molar-refractivity contribution in [3.8, 4) is 11.1 Å². The number of anilines is 1. The Labute approximate surface area is 103 Å². The Morgan fingerprint density at radius 1 is 1.17 bits per heavy atom. The number of aryl methyl sites for hydroxylation is 1. The van der Waals surface area contributed by atoms with Crippen molar-refractivity contribution in [2.75, 3.05) is 5.73 Å². The molecule has 5 nitrogen and oxygen atoms in total. The minimum atomic E-state index is -0.222. The molecular weight excluding hydrogens is 228 g/mol. The highest BCUT2D eigenvalue weighted by Crippen LogP contribution is 2.28. The molecule has 2 heterocycles. The van der Waals surface area contributed by atoms with Crippen LogP contribution in [0.5, 0.6) is 0 Å². The van der Waals surface area contributed by atoms with E-state index in [1.807, 2.05) is 37.3 Å². The summed E-state index contributed by atoms with van der Waals surface area (Å²) in [6, 6.07) is 9.74. The third kappa shape index (κ3) is 1.48. The first-order valence-electron chi connectivity index (χ1n) is 5.60. The van der Waals surface area contributed by atoms with Crippen molar-refractivity contribution in [2.24, 2.45) is 0 Å². The number of benzene rings is 1. The van der Waals surface area contributed by atoms with Crippen LogP contribution < -0.4 is 11.3 Å². The van der Waals surface area contributed by atoms with Crippen LogP contribution in [0.25, 0.3) is 22.2 Å². The maximum Gasteiger partial charge on any atom is 0.262 e. The second-order valence-corrected chi connectivity index (χ2v) is 4.17. The number of nitrogens with zero attached hydrogens (tertiary/aromatic N) is 1. The number of H-pyrrole nitrogens is 2. The number of nitrogens with one attached hydrogen (secondary N) is 2. The van der Waals surface area contributed by atoms with Crippen LogP contribution in [0.1, 0.15) is 5.69 Å². The highest BCUT2D eigenvalue weighted by Gasteiger charge is 2.14. The van der Waals surface area contributed by atoms with Gasteiger partial charge in [0.15, 0.2) is 0 Å². The van der Waals surface area contributed by atoms with Crippen molar-refractivity contribution < 1.29 is 0 Å². The van der Waals surface area contributed by atoms with E-state index in [0.717, 1.165) is 16.8 Å². The summed E-state index contributed by atoms with van der Waals surface area (Å²) < 4.78 is 0. The molecule has 0 aliphatic carbocycles. The van der Waals surface area contributed by atoms with E-state index in [9.17, 15) is 4.79 Å². The summed E-state index contributed by atoms with van der Waals surface area (Å²) in [7, 11) is 0. The van der Waals surface area contributed by atoms with E-state index in [2.05, 4.69) is 15.0 Å². The fraction of sp³-hybridized carbons (Fsp3) is 0.0769. The van der Waals surface area contributed by atoms with Crippen LogP contribution in [-0.2, 0) is 0 Å². The molecule has 0 fully saturated rings. The Morgan fingerprint density at radius 2 is 1.89 bits per heavy atom. The molecule has 0 radical (unpaired) electrons. The molecule has 0 spiro atoms. The van der Waals surface area contributed by atoms with Gasteiger partial charge in [-0.3, -0.25) is 9.78 Å². The van der Waals surface area contributed by atoms with Gasteiger partial charge in [-0.15, -0.1) is 0 Å². The zero-order valence-corrected chi connectivity index (χ0v) is 9.82.